The maximum atomic E-state index is 12.5. The van der Waals surface area contributed by atoms with E-state index in [4.69, 9.17) is 27.9 Å². The first-order chi connectivity index (χ1) is 12.0. The van der Waals surface area contributed by atoms with Gasteiger partial charge in [-0.1, -0.05) is 52.2 Å². The van der Waals surface area contributed by atoms with Crippen molar-refractivity contribution in [2.75, 3.05) is 13.7 Å². The van der Waals surface area contributed by atoms with Crippen molar-refractivity contribution in [1.82, 2.24) is 4.57 Å². The van der Waals surface area contributed by atoms with Crippen LogP contribution in [0.3, 0.4) is 0 Å². The topological polar surface area (TPSA) is 43.6 Å². The smallest absolute Gasteiger partial charge is 0.279 e. The number of carbonyl (C=O) groups excluding carboxylic acids is 1. The van der Waals surface area contributed by atoms with Crippen LogP contribution >= 0.6 is 34.5 Å². The van der Waals surface area contributed by atoms with Crippen molar-refractivity contribution in [1.29, 1.82) is 0 Å². The number of rotatable bonds is 4. The molecule has 0 atom stereocenters. The molecular formula is C18H16Cl2N2O2S. The number of aromatic nitrogens is 1. The van der Waals surface area contributed by atoms with Gasteiger partial charge in [0.25, 0.3) is 5.91 Å². The molecule has 1 amide bonds. The van der Waals surface area contributed by atoms with Crippen LogP contribution < -0.4 is 4.80 Å². The SMILES string of the molecule is COCCn1c(=NC(=O)c2ccc(C)cc2)sc2cc(Cl)cc(Cl)c21. The number of carbonyl (C=O) groups is 1. The summed E-state index contributed by atoms with van der Waals surface area (Å²) in [7, 11) is 1.63. The minimum Gasteiger partial charge on any atom is -0.383 e. The van der Waals surface area contributed by atoms with Crippen LogP contribution in [0.1, 0.15) is 15.9 Å². The highest BCUT2D eigenvalue weighted by Gasteiger charge is 2.13. The van der Waals surface area contributed by atoms with Crippen molar-refractivity contribution in [3.05, 3.63) is 62.4 Å². The van der Waals surface area contributed by atoms with Gasteiger partial charge in [-0.15, -0.1) is 0 Å². The zero-order chi connectivity index (χ0) is 18.0. The summed E-state index contributed by atoms with van der Waals surface area (Å²) < 4.78 is 7.95. The van der Waals surface area contributed by atoms with E-state index >= 15 is 0 Å². The molecule has 0 aliphatic carbocycles. The number of amides is 1. The predicted octanol–water partition coefficient (Wildman–Crippen LogP) is 4.71. The van der Waals surface area contributed by atoms with Crippen molar-refractivity contribution in [2.24, 2.45) is 4.99 Å². The number of hydrogen-bond donors (Lipinski definition) is 0. The monoisotopic (exact) mass is 394 g/mol. The number of nitrogens with zero attached hydrogens (tertiary/aromatic N) is 2. The number of halogens is 2. The summed E-state index contributed by atoms with van der Waals surface area (Å²) in [5.41, 5.74) is 2.45. The zero-order valence-electron chi connectivity index (χ0n) is 13.8. The van der Waals surface area contributed by atoms with Gasteiger partial charge in [0.1, 0.15) is 0 Å². The third kappa shape index (κ3) is 3.96. The normalized spacial score (nSPS) is 12.1. The van der Waals surface area contributed by atoms with Crippen LogP contribution in [0.25, 0.3) is 10.2 Å². The highest BCUT2D eigenvalue weighted by molar-refractivity contribution is 7.16. The number of methoxy groups -OCH3 is 1. The summed E-state index contributed by atoms with van der Waals surface area (Å²) >= 11 is 13.8. The average Bonchev–Trinajstić information content (AvgIpc) is 2.90. The molecule has 0 unspecified atom stereocenters. The quantitative estimate of drug-likeness (QED) is 0.643. The number of aryl methyl sites for hydroxylation is 1. The molecule has 0 fully saturated rings. The summed E-state index contributed by atoms with van der Waals surface area (Å²) in [6.45, 7) is 3.00. The fourth-order valence-electron chi connectivity index (χ4n) is 2.45. The molecule has 0 radical (unpaired) electrons. The highest BCUT2D eigenvalue weighted by atomic mass is 35.5. The lowest BCUT2D eigenvalue weighted by Gasteiger charge is -2.06. The predicted molar refractivity (Wildman–Crippen MR) is 103 cm³/mol. The molecule has 1 aromatic heterocycles. The van der Waals surface area contributed by atoms with Crippen molar-refractivity contribution in [2.45, 2.75) is 13.5 Å². The summed E-state index contributed by atoms with van der Waals surface area (Å²) in [4.78, 5) is 17.4. The van der Waals surface area contributed by atoms with E-state index < -0.39 is 0 Å². The van der Waals surface area contributed by atoms with Crippen LogP contribution in [0.4, 0.5) is 0 Å². The lowest BCUT2D eigenvalue weighted by atomic mass is 10.1. The summed E-state index contributed by atoms with van der Waals surface area (Å²) in [5, 5.41) is 1.08. The van der Waals surface area contributed by atoms with Crippen molar-refractivity contribution >= 4 is 50.7 Å². The van der Waals surface area contributed by atoms with E-state index in [1.165, 1.54) is 11.3 Å². The first kappa shape index (κ1) is 18.1. The molecule has 0 spiro atoms. The molecule has 0 aliphatic heterocycles. The van der Waals surface area contributed by atoms with Gasteiger partial charge < -0.3 is 9.30 Å². The molecule has 4 nitrogen and oxygen atoms in total. The minimum atomic E-state index is -0.292. The van der Waals surface area contributed by atoms with Gasteiger partial charge in [-0.25, -0.2) is 0 Å². The Hall–Kier alpha value is -1.66. The van der Waals surface area contributed by atoms with Crippen molar-refractivity contribution < 1.29 is 9.53 Å². The van der Waals surface area contributed by atoms with E-state index in [1.54, 1.807) is 25.3 Å². The second-order valence-corrected chi connectivity index (χ2v) is 7.40. The third-order valence-corrected chi connectivity index (χ3v) is 5.24. The van der Waals surface area contributed by atoms with Gasteiger partial charge in [0.15, 0.2) is 4.80 Å². The largest absolute Gasteiger partial charge is 0.383 e. The average molecular weight is 395 g/mol. The van der Waals surface area contributed by atoms with Crippen molar-refractivity contribution in [3.8, 4) is 0 Å². The number of benzene rings is 2. The van der Waals surface area contributed by atoms with Gasteiger partial charge in [-0.3, -0.25) is 4.79 Å². The maximum absolute atomic E-state index is 12.5. The van der Waals surface area contributed by atoms with E-state index in [2.05, 4.69) is 4.99 Å². The standard InChI is InChI=1S/C18H16Cl2N2O2S/c1-11-3-5-12(6-4-11)17(23)21-18-22(7-8-24-2)16-14(20)9-13(19)10-15(16)25-18/h3-6,9-10H,7-8H2,1-2H3. The van der Waals surface area contributed by atoms with Crippen molar-refractivity contribution in [3.63, 3.8) is 0 Å². The van der Waals surface area contributed by atoms with E-state index in [-0.39, 0.29) is 5.91 Å². The lowest BCUT2D eigenvalue weighted by Crippen LogP contribution is -2.19. The molecule has 1 heterocycles. The molecule has 3 rings (SSSR count). The molecule has 0 saturated heterocycles. The van der Waals surface area contributed by atoms with Crippen LogP contribution in [-0.4, -0.2) is 24.2 Å². The summed E-state index contributed by atoms with van der Waals surface area (Å²) in [6, 6.07) is 10.8. The molecule has 0 bridgehead atoms. The molecule has 0 saturated carbocycles. The van der Waals surface area contributed by atoms with E-state index in [1.807, 2.05) is 29.7 Å². The second kappa shape index (κ2) is 7.70. The molecular weight excluding hydrogens is 379 g/mol. The number of thiazole rings is 1. The fraction of sp³-hybridized carbons (Fsp3) is 0.222. The van der Waals surface area contributed by atoms with E-state index in [0.29, 0.717) is 33.6 Å². The van der Waals surface area contributed by atoms with Crippen LogP contribution in [0.15, 0.2) is 41.4 Å². The first-order valence-electron chi connectivity index (χ1n) is 7.62. The lowest BCUT2D eigenvalue weighted by molar-refractivity contribution is 0.0997. The van der Waals surface area contributed by atoms with Gasteiger partial charge in [0, 0.05) is 24.2 Å². The Labute approximate surface area is 159 Å². The third-order valence-electron chi connectivity index (χ3n) is 3.71. The molecule has 3 aromatic rings. The molecule has 0 aliphatic rings. The van der Waals surface area contributed by atoms with Gasteiger partial charge in [-0.05, 0) is 31.2 Å². The Kier molecular flexibility index (Phi) is 5.59. The van der Waals surface area contributed by atoms with Crippen LogP contribution in [0.5, 0.6) is 0 Å². The summed E-state index contributed by atoms with van der Waals surface area (Å²) in [5.74, 6) is -0.292. The second-order valence-electron chi connectivity index (χ2n) is 5.55. The Morgan fingerprint density at radius 3 is 2.64 bits per heavy atom. The van der Waals surface area contributed by atoms with Crippen LogP contribution in [0.2, 0.25) is 10.0 Å². The van der Waals surface area contributed by atoms with Gasteiger partial charge >= 0.3 is 0 Å². The molecule has 0 N–H and O–H groups in total. The Balaban J connectivity index is 2.15. The molecule has 25 heavy (non-hydrogen) atoms. The molecule has 130 valence electrons. The zero-order valence-corrected chi connectivity index (χ0v) is 16.1. The molecule has 7 heteroatoms. The minimum absolute atomic E-state index is 0.292. The first-order valence-corrected chi connectivity index (χ1v) is 9.20. The van der Waals surface area contributed by atoms with E-state index in [9.17, 15) is 4.79 Å². The highest BCUT2D eigenvalue weighted by Crippen LogP contribution is 2.29. The Morgan fingerprint density at radius 2 is 1.96 bits per heavy atom. The van der Waals surface area contributed by atoms with E-state index in [0.717, 1.165) is 15.8 Å². The maximum Gasteiger partial charge on any atom is 0.279 e. The Bertz CT molecular complexity index is 991. The number of fused-ring (bicyclic) bond motifs is 1. The fourth-order valence-corrected chi connectivity index (χ4v) is 4.29. The van der Waals surface area contributed by atoms with Gasteiger partial charge in [-0.2, -0.15) is 4.99 Å². The van der Waals surface area contributed by atoms with Crippen LogP contribution in [-0.2, 0) is 11.3 Å². The van der Waals surface area contributed by atoms with Gasteiger partial charge in [0.2, 0.25) is 0 Å². The number of ether oxygens (including phenoxy) is 1. The van der Waals surface area contributed by atoms with Crippen LogP contribution in [0, 0.1) is 6.92 Å². The summed E-state index contributed by atoms with van der Waals surface area (Å²) in [6.07, 6.45) is 0. The molecule has 2 aromatic carbocycles. The Morgan fingerprint density at radius 1 is 1.24 bits per heavy atom. The number of hydrogen-bond acceptors (Lipinski definition) is 3. The van der Waals surface area contributed by atoms with Gasteiger partial charge in [0.05, 0.1) is 21.8 Å².